The SMILES string of the molecule is O=S(=O)(Cc1cccnc1)Nc1c(F)cc(Oc2ncccc2-c2ccnc(N[C@@H]3CNC[C@@H](F)C3)n2)c(F)c1F. The number of ether oxygens (including phenoxy) is 1. The van der Waals surface area contributed by atoms with Gasteiger partial charge in [0.25, 0.3) is 0 Å². The van der Waals surface area contributed by atoms with E-state index in [4.69, 9.17) is 4.74 Å². The Bertz CT molecular complexity index is 1650. The normalized spacial score (nSPS) is 17.2. The van der Waals surface area contributed by atoms with Gasteiger partial charge >= 0.3 is 0 Å². The van der Waals surface area contributed by atoms with Crippen molar-refractivity contribution in [3.8, 4) is 22.9 Å². The van der Waals surface area contributed by atoms with E-state index < -0.39 is 50.8 Å². The summed E-state index contributed by atoms with van der Waals surface area (Å²) in [6.07, 6.45) is 4.73. The van der Waals surface area contributed by atoms with Crippen molar-refractivity contribution in [2.24, 2.45) is 0 Å². The Morgan fingerprint density at radius 1 is 1.02 bits per heavy atom. The summed E-state index contributed by atoms with van der Waals surface area (Å²) in [6.45, 7) is 0.784. The van der Waals surface area contributed by atoms with Crippen molar-refractivity contribution >= 4 is 21.7 Å². The van der Waals surface area contributed by atoms with Gasteiger partial charge in [0.1, 0.15) is 11.9 Å². The summed E-state index contributed by atoms with van der Waals surface area (Å²) in [5, 5.41) is 6.02. The van der Waals surface area contributed by atoms with E-state index in [1.807, 2.05) is 0 Å². The summed E-state index contributed by atoms with van der Waals surface area (Å²) < 4.78 is 90.6. The van der Waals surface area contributed by atoms with E-state index in [1.54, 1.807) is 16.9 Å². The van der Waals surface area contributed by atoms with Crippen LogP contribution in [0.5, 0.6) is 11.6 Å². The lowest BCUT2D eigenvalue weighted by Gasteiger charge is -2.26. The van der Waals surface area contributed by atoms with E-state index >= 15 is 4.39 Å². The van der Waals surface area contributed by atoms with Gasteiger partial charge in [-0.2, -0.15) is 4.39 Å². The molecule has 0 unspecified atom stereocenters. The van der Waals surface area contributed by atoms with E-state index in [9.17, 15) is 21.6 Å². The van der Waals surface area contributed by atoms with Gasteiger partial charge in [0, 0.05) is 56.4 Å². The molecule has 1 aliphatic rings. The van der Waals surface area contributed by atoms with Gasteiger partial charge in [0.05, 0.1) is 17.0 Å². The Labute approximate surface area is 232 Å². The van der Waals surface area contributed by atoms with Crippen LogP contribution < -0.4 is 20.1 Å². The first-order valence-electron chi connectivity index (χ1n) is 12.3. The minimum absolute atomic E-state index is 0.199. The first-order valence-corrected chi connectivity index (χ1v) is 14.0. The fourth-order valence-corrected chi connectivity index (χ4v) is 5.35. The highest BCUT2D eigenvalue weighted by molar-refractivity contribution is 7.91. The number of pyridine rings is 2. The molecular weight excluding hydrogens is 566 g/mol. The molecule has 41 heavy (non-hydrogen) atoms. The van der Waals surface area contributed by atoms with E-state index in [1.165, 1.54) is 43.0 Å². The van der Waals surface area contributed by atoms with Crippen molar-refractivity contribution in [2.75, 3.05) is 23.1 Å². The summed E-state index contributed by atoms with van der Waals surface area (Å²) in [6, 6.07) is 7.83. The molecule has 0 bridgehead atoms. The van der Waals surface area contributed by atoms with Crippen molar-refractivity contribution in [2.45, 2.75) is 24.4 Å². The van der Waals surface area contributed by atoms with Crippen molar-refractivity contribution in [3.05, 3.63) is 84.2 Å². The number of hydrogen-bond acceptors (Lipinski definition) is 9. The number of benzene rings is 1. The molecule has 2 atom stereocenters. The van der Waals surface area contributed by atoms with Crippen LogP contribution in [0.25, 0.3) is 11.3 Å². The summed E-state index contributed by atoms with van der Waals surface area (Å²) in [5.74, 6) is -6.40. The average Bonchev–Trinajstić information content (AvgIpc) is 2.95. The van der Waals surface area contributed by atoms with E-state index in [0.29, 0.717) is 12.6 Å². The third-order valence-electron chi connectivity index (χ3n) is 6.00. The third kappa shape index (κ3) is 6.86. The molecule has 0 saturated carbocycles. The predicted molar refractivity (Wildman–Crippen MR) is 142 cm³/mol. The van der Waals surface area contributed by atoms with Crippen LogP contribution in [-0.4, -0.2) is 53.7 Å². The molecule has 1 aliphatic heterocycles. The molecule has 3 aromatic heterocycles. The lowest BCUT2D eigenvalue weighted by Crippen LogP contribution is -2.44. The number of aromatic nitrogens is 4. The van der Waals surface area contributed by atoms with E-state index in [2.05, 4.69) is 30.6 Å². The minimum Gasteiger partial charge on any atom is -0.435 e. The van der Waals surface area contributed by atoms with Gasteiger partial charge in [0.2, 0.25) is 27.7 Å². The van der Waals surface area contributed by atoms with Gasteiger partial charge in [-0.05, 0) is 29.8 Å². The van der Waals surface area contributed by atoms with E-state index in [-0.39, 0.29) is 47.7 Å². The molecule has 4 heterocycles. The molecule has 214 valence electrons. The highest BCUT2D eigenvalue weighted by Crippen LogP contribution is 2.36. The maximum Gasteiger partial charge on any atom is 0.237 e. The van der Waals surface area contributed by atoms with Crippen LogP contribution in [0.3, 0.4) is 0 Å². The monoisotopic (exact) mass is 589 g/mol. The molecular formula is C26H23F4N7O3S. The predicted octanol–water partition coefficient (Wildman–Crippen LogP) is 4.20. The van der Waals surface area contributed by atoms with Crippen LogP contribution in [0.15, 0.2) is 61.2 Å². The molecule has 1 aromatic carbocycles. The third-order valence-corrected chi connectivity index (χ3v) is 7.23. The molecule has 1 saturated heterocycles. The van der Waals surface area contributed by atoms with Crippen LogP contribution in [-0.2, 0) is 15.8 Å². The standard InChI is InChI=1S/C26H23F4N7O3S/c27-16-9-17(13-32-12-16)35-26-34-8-5-20(36-26)18-4-2-7-33-25(18)40-21-10-19(28)24(23(30)22(21)29)37-41(38,39)14-15-3-1-6-31-11-15/h1-8,10-11,16-17,32,37H,9,12-14H2,(H,34,35,36)/t16-,17-/m0/s1. The van der Waals surface area contributed by atoms with Crippen molar-refractivity contribution in [3.63, 3.8) is 0 Å². The van der Waals surface area contributed by atoms with Crippen molar-refractivity contribution < 1.29 is 30.7 Å². The number of nitrogens with zero attached hydrogens (tertiary/aromatic N) is 4. The molecule has 0 radical (unpaired) electrons. The molecule has 5 rings (SSSR count). The number of piperidine rings is 1. The fourth-order valence-electron chi connectivity index (χ4n) is 4.17. The summed E-state index contributed by atoms with van der Waals surface area (Å²) in [7, 11) is -4.32. The fraction of sp³-hybridized carbons (Fsp3) is 0.231. The topological polar surface area (TPSA) is 131 Å². The summed E-state index contributed by atoms with van der Waals surface area (Å²) in [5.41, 5.74) is -0.412. The summed E-state index contributed by atoms with van der Waals surface area (Å²) >= 11 is 0. The lowest BCUT2D eigenvalue weighted by atomic mass is 10.1. The van der Waals surface area contributed by atoms with Crippen LogP contribution in [0.1, 0.15) is 12.0 Å². The maximum absolute atomic E-state index is 15.0. The highest BCUT2D eigenvalue weighted by Gasteiger charge is 2.26. The number of anilines is 2. The number of hydrogen-bond donors (Lipinski definition) is 3. The summed E-state index contributed by atoms with van der Waals surface area (Å²) in [4.78, 5) is 16.4. The van der Waals surface area contributed by atoms with Crippen LogP contribution >= 0.6 is 0 Å². The van der Waals surface area contributed by atoms with Gasteiger partial charge in [0.15, 0.2) is 17.4 Å². The number of sulfonamides is 1. The Hall–Kier alpha value is -4.37. The van der Waals surface area contributed by atoms with Gasteiger partial charge in [-0.1, -0.05) is 6.07 Å². The second-order valence-electron chi connectivity index (χ2n) is 9.14. The molecule has 3 N–H and O–H groups in total. The lowest BCUT2D eigenvalue weighted by molar-refractivity contribution is 0.254. The van der Waals surface area contributed by atoms with Gasteiger partial charge < -0.3 is 15.4 Å². The zero-order chi connectivity index (χ0) is 29.0. The van der Waals surface area contributed by atoms with Gasteiger partial charge in [-0.25, -0.2) is 36.5 Å². The molecule has 1 fully saturated rings. The maximum atomic E-state index is 15.0. The van der Waals surface area contributed by atoms with E-state index in [0.717, 1.165) is 0 Å². The van der Waals surface area contributed by atoms with Gasteiger partial charge in [-0.3, -0.25) is 9.71 Å². The van der Waals surface area contributed by atoms with Crippen LogP contribution in [0, 0.1) is 17.5 Å². The highest BCUT2D eigenvalue weighted by atomic mass is 32.2. The second kappa shape index (κ2) is 12.0. The number of nitrogens with one attached hydrogen (secondary N) is 3. The van der Waals surface area contributed by atoms with Crippen LogP contribution in [0.2, 0.25) is 0 Å². The average molecular weight is 590 g/mol. The minimum atomic E-state index is -4.32. The second-order valence-corrected chi connectivity index (χ2v) is 10.9. The first-order chi connectivity index (χ1) is 19.7. The van der Waals surface area contributed by atoms with Crippen LogP contribution in [0.4, 0.5) is 29.2 Å². The number of halogens is 4. The van der Waals surface area contributed by atoms with Gasteiger partial charge in [-0.15, -0.1) is 0 Å². The molecule has 15 heteroatoms. The first kappa shape index (κ1) is 28.2. The molecule has 0 amide bonds. The molecule has 0 spiro atoms. The molecule has 0 aliphatic carbocycles. The largest absolute Gasteiger partial charge is 0.435 e. The Balaban J connectivity index is 1.38. The number of alkyl halides is 1. The Morgan fingerprint density at radius 2 is 1.85 bits per heavy atom. The molecule has 4 aromatic rings. The molecule has 10 nitrogen and oxygen atoms in total. The van der Waals surface area contributed by atoms with Crippen molar-refractivity contribution in [1.29, 1.82) is 0 Å². The quantitative estimate of drug-likeness (QED) is 0.194. The Kier molecular flexibility index (Phi) is 8.26. The zero-order valence-electron chi connectivity index (χ0n) is 21.2. The zero-order valence-corrected chi connectivity index (χ0v) is 22.0. The number of rotatable bonds is 9. The smallest absolute Gasteiger partial charge is 0.237 e. The van der Waals surface area contributed by atoms with Crippen molar-refractivity contribution in [1.82, 2.24) is 25.3 Å². The Morgan fingerprint density at radius 3 is 2.63 bits per heavy atom.